The van der Waals surface area contributed by atoms with E-state index in [9.17, 15) is 20.0 Å². The summed E-state index contributed by atoms with van der Waals surface area (Å²) >= 11 is 12.2. The predicted molar refractivity (Wildman–Crippen MR) is 149 cm³/mol. The highest BCUT2D eigenvalue weighted by Crippen LogP contribution is 2.33. The average Bonchev–Trinajstić information content (AvgIpc) is 3.31. The Morgan fingerprint density at radius 1 is 1.08 bits per heavy atom. The molecule has 200 valence electrons. The molecule has 2 heterocycles. The van der Waals surface area contributed by atoms with Crippen molar-refractivity contribution in [1.29, 1.82) is 0 Å². The lowest BCUT2D eigenvalue weighted by atomic mass is 9.88. The van der Waals surface area contributed by atoms with E-state index in [-0.39, 0.29) is 24.7 Å². The molecule has 8 nitrogen and oxygen atoms in total. The van der Waals surface area contributed by atoms with E-state index in [4.69, 9.17) is 23.2 Å². The molecular weight excluding hydrogens is 539 g/mol. The number of hydrogen-bond acceptors (Lipinski definition) is 5. The van der Waals surface area contributed by atoms with Crippen molar-refractivity contribution in [2.45, 2.75) is 38.4 Å². The van der Waals surface area contributed by atoms with Crippen LogP contribution in [0.4, 0.5) is 5.69 Å². The summed E-state index contributed by atoms with van der Waals surface area (Å²) in [6, 6.07) is 19.0. The summed E-state index contributed by atoms with van der Waals surface area (Å²) < 4.78 is 1.98. The number of nitrogens with zero attached hydrogens (tertiary/aromatic N) is 4. The van der Waals surface area contributed by atoms with Crippen LogP contribution in [0.5, 0.6) is 0 Å². The molecule has 4 aromatic rings. The highest BCUT2D eigenvalue weighted by atomic mass is 35.5. The molecule has 1 N–H and O–H groups in total. The van der Waals surface area contributed by atoms with Crippen molar-refractivity contribution >= 4 is 34.8 Å². The highest BCUT2D eigenvalue weighted by Gasteiger charge is 2.36. The molecule has 39 heavy (non-hydrogen) atoms. The van der Waals surface area contributed by atoms with Crippen LogP contribution in [0.2, 0.25) is 10.0 Å². The lowest BCUT2D eigenvalue weighted by molar-refractivity contribution is -0.385. The molecule has 3 aromatic carbocycles. The summed E-state index contributed by atoms with van der Waals surface area (Å²) in [6.07, 6.45) is 2.15. The van der Waals surface area contributed by atoms with Crippen LogP contribution in [0.25, 0.3) is 0 Å². The van der Waals surface area contributed by atoms with Crippen LogP contribution in [-0.2, 0) is 24.3 Å². The zero-order valence-electron chi connectivity index (χ0n) is 21.1. The molecule has 1 amide bonds. The van der Waals surface area contributed by atoms with Crippen LogP contribution >= 0.6 is 23.2 Å². The molecule has 0 radical (unpaired) electrons. The normalized spacial score (nSPS) is 14.9. The second-order valence-electron chi connectivity index (χ2n) is 9.69. The van der Waals surface area contributed by atoms with Gasteiger partial charge in [-0.3, -0.25) is 14.9 Å². The molecular formula is C29H26Cl2N4O4. The highest BCUT2D eigenvalue weighted by molar-refractivity contribution is 6.30. The zero-order chi connectivity index (χ0) is 27.7. The minimum Gasteiger partial charge on any atom is -0.394 e. The molecule has 0 saturated carbocycles. The number of carbonyl (C=O) groups is 1. The Labute approximate surface area is 235 Å². The van der Waals surface area contributed by atoms with Crippen molar-refractivity contribution < 1.29 is 14.8 Å². The number of fused-ring (bicyclic) bond motifs is 1. The molecule has 0 fully saturated rings. The second-order valence-corrected chi connectivity index (χ2v) is 10.6. The van der Waals surface area contributed by atoms with E-state index in [2.05, 4.69) is 4.98 Å². The van der Waals surface area contributed by atoms with Crippen LogP contribution in [-0.4, -0.2) is 43.0 Å². The van der Waals surface area contributed by atoms with Crippen LogP contribution in [0.1, 0.15) is 39.6 Å². The Balaban J connectivity index is 1.44. The van der Waals surface area contributed by atoms with Gasteiger partial charge in [0.1, 0.15) is 0 Å². The molecule has 1 aliphatic rings. The van der Waals surface area contributed by atoms with Gasteiger partial charge in [-0.15, -0.1) is 0 Å². The van der Waals surface area contributed by atoms with Crippen molar-refractivity contribution in [2.24, 2.45) is 0 Å². The maximum atomic E-state index is 14.1. The first-order valence-corrected chi connectivity index (χ1v) is 13.2. The van der Waals surface area contributed by atoms with Gasteiger partial charge in [-0.1, -0.05) is 53.5 Å². The SMILES string of the molecule is Cc1cc(Cn2cnc3c2C[C@@H](CO)N(C(=O)C(c2ccc(Cl)cc2)c2ccc(Cl)cc2)C3)ccc1[N+](=O)[O-]. The number of halogens is 2. The summed E-state index contributed by atoms with van der Waals surface area (Å²) in [7, 11) is 0. The zero-order valence-corrected chi connectivity index (χ0v) is 22.6. The van der Waals surface area contributed by atoms with Gasteiger partial charge in [-0.25, -0.2) is 4.98 Å². The van der Waals surface area contributed by atoms with Crippen LogP contribution < -0.4 is 0 Å². The van der Waals surface area contributed by atoms with Gasteiger partial charge in [0.2, 0.25) is 5.91 Å². The standard InChI is InChI=1S/C29H26Cl2N4O4/c1-18-12-19(2-11-26(18)35(38)39)14-33-17-32-25-15-34(24(16-36)13-27(25)33)29(37)28(20-3-7-22(30)8-4-20)21-5-9-23(31)10-6-21/h2-12,17,24,28,36H,13-16H2,1H3/t24-/m0/s1. The lowest BCUT2D eigenvalue weighted by Crippen LogP contribution is -2.48. The summed E-state index contributed by atoms with van der Waals surface area (Å²) in [5.74, 6) is -0.759. The Bertz CT molecular complexity index is 1470. The van der Waals surface area contributed by atoms with Crippen molar-refractivity contribution in [3.05, 3.63) is 127 Å². The number of aryl methyl sites for hydroxylation is 1. The van der Waals surface area contributed by atoms with E-state index in [1.165, 1.54) is 6.07 Å². The van der Waals surface area contributed by atoms with Gasteiger partial charge >= 0.3 is 0 Å². The lowest BCUT2D eigenvalue weighted by Gasteiger charge is -2.37. The van der Waals surface area contributed by atoms with E-state index in [0.717, 1.165) is 28.1 Å². The minimum absolute atomic E-state index is 0.0804. The van der Waals surface area contributed by atoms with Crippen LogP contribution in [0.3, 0.4) is 0 Å². The number of rotatable bonds is 7. The van der Waals surface area contributed by atoms with E-state index in [0.29, 0.717) is 28.6 Å². The fourth-order valence-corrected chi connectivity index (χ4v) is 5.42. The Hall–Kier alpha value is -3.72. The fraction of sp³-hybridized carbons (Fsp3) is 0.241. The molecule has 0 spiro atoms. The molecule has 1 aromatic heterocycles. The minimum atomic E-state index is -0.611. The quantitative estimate of drug-likeness (QED) is 0.235. The second kappa shape index (κ2) is 11.2. The molecule has 0 bridgehead atoms. The first-order chi connectivity index (χ1) is 18.7. The van der Waals surface area contributed by atoms with Gasteiger partial charge in [0, 0.05) is 40.3 Å². The third kappa shape index (κ3) is 5.54. The Morgan fingerprint density at radius 3 is 2.23 bits per heavy atom. The number of nitro benzene ring substituents is 1. The van der Waals surface area contributed by atoms with Crippen molar-refractivity contribution in [3.8, 4) is 0 Å². The number of imidazole rings is 1. The summed E-state index contributed by atoms with van der Waals surface area (Å²) in [5.41, 5.74) is 4.84. The third-order valence-corrected chi connectivity index (χ3v) is 7.68. The molecule has 0 saturated heterocycles. The Kier molecular flexibility index (Phi) is 7.70. The Morgan fingerprint density at radius 2 is 1.69 bits per heavy atom. The predicted octanol–water partition coefficient (Wildman–Crippen LogP) is 5.53. The van der Waals surface area contributed by atoms with Gasteiger partial charge < -0.3 is 14.6 Å². The fourth-order valence-electron chi connectivity index (χ4n) is 5.17. The van der Waals surface area contributed by atoms with Crippen molar-refractivity contribution in [3.63, 3.8) is 0 Å². The van der Waals surface area contributed by atoms with Crippen LogP contribution in [0.15, 0.2) is 73.1 Å². The molecule has 0 unspecified atom stereocenters. The molecule has 10 heteroatoms. The third-order valence-electron chi connectivity index (χ3n) is 7.18. The van der Waals surface area contributed by atoms with E-state index < -0.39 is 16.9 Å². The monoisotopic (exact) mass is 564 g/mol. The molecule has 1 atom stereocenters. The van der Waals surface area contributed by atoms with E-state index in [1.807, 2.05) is 28.8 Å². The van der Waals surface area contributed by atoms with Gasteiger partial charge in [-0.2, -0.15) is 0 Å². The number of amides is 1. The van der Waals surface area contributed by atoms with Crippen molar-refractivity contribution in [1.82, 2.24) is 14.5 Å². The number of aromatic nitrogens is 2. The summed E-state index contributed by atoms with van der Waals surface area (Å²) in [4.78, 5) is 31.2. The van der Waals surface area contributed by atoms with Gasteiger partial charge in [-0.05, 0) is 53.9 Å². The molecule has 1 aliphatic heterocycles. The van der Waals surface area contributed by atoms with Crippen molar-refractivity contribution in [2.75, 3.05) is 6.61 Å². The maximum Gasteiger partial charge on any atom is 0.272 e. The van der Waals surface area contributed by atoms with E-state index in [1.54, 1.807) is 54.5 Å². The topological polar surface area (TPSA) is 102 Å². The van der Waals surface area contributed by atoms with Gasteiger partial charge in [0.25, 0.3) is 5.69 Å². The molecule has 0 aliphatic carbocycles. The number of hydrogen-bond donors (Lipinski definition) is 1. The first-order valence-electron chi connectivity index (χ1n) is 12.4. The molecule has 5 rings (SSSR count). The summed E-state index contributed by atoms with van der Waals surface area (Å²) in [5, 5.41) is 22.7. The number of nitro groups is 1. The average molecular weight is 565 g/mol. The number of aliphatic hydroxyl groups is 1. The maximum absolute atomic E-state index is 14.1. The van der Waals surface area contributed by atoms with Gasteiger partial charge in [0.15, 0.2) is 0 Å². The number of benzene rings is 3. The number of aliphatic hydroxyl groups excluding tert-OH is 1. The number of carbonyl (C=O) groups excluding carboxylic acids is 1. The first kappa shape index (κ1) is 26.9. The van der Waals surface area contributed by atoms with Gasteiger partial charge in [0.05, 0.1) is 42.1 Å². The smallest absolute Gasteiger partial charge is 0.272 e. The summed E-state index contributed by atoms with van der Waals surface area (Å²) in [6.45, 7) is 2.24. The van der Waals surface area contributed by atoms with Crippen LogP contribution in [0, 0.1) is 17.0 Å². The largest absolute Gasteiger partial charge is 0.394 e. The van der Waals surface area contributed by atoms with E-state index >= 15 is 0 Å².